The summed E-state index contributed by atoms with van der Waals surface area (Å²) < 4.78 is 11.2. The Morgan fingerprint density at radius 3 is 2.27 bits per heavy atom. The molecular formula is C26H38N2O2. The molecular weight excluding hydrogens is 372 g/mol. The molecule has 1 aliphatic rings. The molecule has 0 aliphatic carbocycles. The van der Waals surface area contributed by atoms with Crippen LogP contribution in [0.4, 0.5) is 5.69 Å². The number of unbranched alkanes of at least 4 members (excludes halogenated alkanes) is 4. The van der Waals surface area contributed by atoms with Crippen LogP contribution in [-0.2, 0) is 13.0 Å². The molecule has 30 heavy (non-hydrogen) atoms. The number of hydrogen-bond acceptors (Lipinski definition) is 4. The van der Waals surface area contributed by atoms with Gasteiger partial charge in [-0.3, -0.25) is 0 Å². The van der Waals surface area contributed by atoms with E-state index in [0.717, 1.165) is 24.3 Å². The molecule has 1 heterocycles. The van der Waals surface area contributed by atoms with E-state index < -0.39 is 0 Å². The van der Waals surface area contributed by atoms with Crippen molar-refractivity contribution in [1.29, 1.82) is 0 Å². The molecule has 2 unspecified atom stereocenters. The molecule has 2 N–H and O–H groups in total. The number of nitrogens with zero attached hydrogens (tertiary/aromatic N) is 1. The van der Waals surface area contributed by atoms with Crippen molar-refractivity contribution in [2.45, 2.75) is 77.4 Å². The van der Waals surface area contributed by atoms with E-state index in [1.165, 1.54) is 54.5 Å². The van der Waals surface area contributed by atoms with Crippen molar-refractivity contribution in [3.8, 4) is 11.5 Å². The molecule has 4 heteroatoms. The van der Waals surface area contributed by atoms with Crippen LogP contribution < -0.4 is 20.1 Å². The highest BCUT2D eigenvalue weighted by molar-refractivity contribution is 5.57. The lowest BCUT2D eigenvalue weighted by molar-refractivity contribution is 0.351. The number of hydrogen-bond donors (Lipinski definition) is 1. The Morgan fingerprint density at radius 2 is 1.63 bits per heavy atom. The molecule has 1 aliphatic heterocycles. The van der Waals surface area contributed by atoms with Crippen molar-refractivity contribution in [2.75, 3.05) is 19.1 Å². The lowest BCUT2D eigenvalue weighted by Crippen LogP contribution is -2.42. The van der Waals surface area contributed by atoms with Gasteiger partial charge in [0.25, 0.3) is 0 Å². The summed E-state index contributed by atoms with van der Waals surface area (Å²) in [6.45, 7) is 5.18. The fourth-order valence-corrected chi connectivity index (χ4v) is 4.77. The maximum atomic E-state index is 5.82. The smallest absolute Gasteiger partial charge is 0.161 e. The molecule has 0 bridgehead atoms. The van der Waals surface area contributed by atoms with E-state index in [9.17, 15) is 0 Å². The number of fused-ring (bicyclic) bond motifs is 1. The molecule has 164 valence electrons. The van der Waals surface area contributed by atoms with Gasteiger partial charge in [-0.25, -0.2) is 0 Å². The summed E-state index contributed by atoms with van der Waals surface area (Å²) in [5, 5.41) is 0. The van der Waals surface area contributed by atoms with Crippen LogP contribution in [0.25, 0.3) is 0 Å². The van der Waals surface area contributed by atoms with Gasteiger partial charge in [0.15, 0.2) is 11.5 Å². The van der Waals surface area contributed by atoms with Crippen LogP contribution in [0.3, 0.4) is 0 Å². The fraction of sp³-hybridized carbons (Fsp3) is 0.538. The average Bonchev–Trinajstić information content (AvgIpc) is 2.78. The third-order valence-corrected chi connectivity index (χ3v) is 6.38. The third-order valence-electron chi connectivity index (χ3n) is 6.38. The first-order chi connectivity index (χ1) is 14.6. The molecule has 0 amide bonds. The highest BCUT2D eigenvalue weighted by Gasteiger charge is 2.33. The summed E-state index contributed by atoms with van der Waals surface area (Å²) in [6.07, 6.45) is 8.61. The second kappa shape index (κ2) is 10.7. The van der Waals surface area contributed by atoms with Crippen molar-refractivity contribution >= 4 is 5.69 Å². The van der Waals surface area contributed by atoms with Crippen molar-refractivity contribution in [3.05, 3.63) is 53.1 Å². The zero-order valence-corrected chi connectivity index (χ0v) is 19.1. The molecule has 0 saturated carbocycles. The predicted molar refractivity (Wildman–Crippen MR) is 126 cm³/mol. The minimum Gasteiger partial charge on any atom is -0.493 e. The van der Waals surface area contributed by atoms with Crippen LogP contribution in [-0.4, -0.2) is 20.3 Å². The lowest BCUT2D eigenvalue weighted by Gasteiger charge is -2.44. The standard InChI is InChI=1S/C26H38N2O2/c1-5-6-7-8-9-10-24-23-17-26(30-4)25(29-3)16-21(23)15-19(2)28(24)22-13-11-20(18-27)12-14-22/h11-14,16-17,19,24H,5-10,15,18,27H2,1-4H3. The van der Waals surface area contributed by atoms with Gasteiger partial charge in [0.1, 0.15) is 0 Å². The Bertz CT molecular complexity index is 803. The first-order valence-corrected chi connectivity index (χ1v) is 11.4. The van der Waals surface area contributed by atoms with Gasteiger partial charge in [0.2, 0.25) is 0 Å². The molecule has 2 aromatic carbocycles. The Balaban J connectivity index is 1.95. The topological polar surface area (TPSA) is 47.7 Å². The van der Waals surface area contributed by atoms with Gasteiger partial charge in [0, 0.05) is 18.3 Å². The number of methoxy groups -OCH3 is 2. The van der Waals surface area contributed by atoms with Gasteiger partial charge in [-0.15, -0.1) is 0 Å². The molecule has 3 rings (SSSR count). The lowest BCUT2D eigenvalue weighted by atomic mass is 9.85. The van der Waals surface area contributed by atoms with Crippen LogP contribution >= 0.6 is 0 Å². The molecule has 4 nitrogen and oxygen atoms in total. The zero-order chi connectivity index (χ0) is 21.5. The van der Waals surface area contributed by atoms with E-state index in [-0.39, 0.29) is 0 Å². The van der Waals surface area contributed by atoms with Gasteiger partial charge in [-0.2, -0.15) is 0 Å². The first kappa shape index (κ1) is 22.5. The SMILES string of the molecule is CCCCCCCC1c2cc(OC)c(OC)cc2CC(C)N1c1ccc(CN)cc1. The number of rotatable bonds is 10. The second-order valence-electron chi connectivity index (χ2n) is 8.46. The summed E-state index contributed by atoms with van der Waals surface area (Å²) in [5.41, 5.74) is 11.0. The second-order valence-corrected chi connectivity index (χ2v) is 8.46. The van der Waals surface area contributed by atoms with Crippen LogP contribution in [0.1, 0.15) is 75.1 Å². The van der Waals surface area contributed by atoms with Gasteiger partial charge < -0.3 is 20.1 Å². The largest absolute Gasteiger partial charge is 0.493 e. The monoisotopic (exact) mass is 410 g/mol. The van der Waals surface area contributed by atoms with E-state index in [1.807, 2.05) is 0 Å². The maximum absolute atomic E-state index is 5.82. The van der Waals surface area contributed by atoms with Gasteiger partial charge in [-0.05, 0) is 60.7 Å². The van der Waals surface area contributed by atoms with Gasteiger partial charge in [0.05, 0.1) is 20.3 Å². The zero-order valence-electron chi connectivity index (χ0n) is 19.1. The Kier molecular flexibility index (Phi) is 8.03. The third kappa shape index (κ3) is 4.92. The summed E-state index contributed by atoms with van der Waals surface area (Å²) >= 11 is 0. The predicted octanol–water partition coefficient (Wildman–Crippen LogP) is 6.02. The molecule has 0 aromatic heterocycles. The number of anilines is 1. The summed E-state index contributed by atoms with van der Waals surface area (Å²) in [4.78, 5) is 2.61. The minimum atomic E-state index is 0.342. The molecule has 0 spiro atoms. The molecule has 2 atom stereocenters. The van der Waals surface area contributed by atoms with Crippen LogP contribution in [0, 0.1) is 0 Å². The molecule has 2 aromatic rings. The molecule has 0 fully saturated rings. The van der Waals surface area contributed by atoms with Crippen molar-refractivity contribution in [2.24, 2.45) is 5.73 Å². The molecule has 0 radical (unpaired) electrons. The maximum Gasteiger partial charge on any atom is 0.161 e. The van der Waals surface area contributed by atoms with Crippen molar-refractivity contribution in [3.63, 3.8) is 0 Å². The highest BCUT2D eigenvalue weighted by Crippen LogP contribution is 2.44. The van der Waals surface area contributed by atoms with Crippen LogP contribution in [0.2, 0.25) is 0 Å². The van der Waals surface area contributed by atoms with E-state index in [4.69, 9.17) is 15.2 Å². The van der Waals surface area contributed by atoms with E-state index >= 15 is 0 Å². The summed E-state index contributed by atoms with van der Waals surface area (Å²) in [7, 11) is 3.44. The van der Waals surface area contributed by atoms with E-state index in [0.29, 0.717) is 18.6 Å². The van der Waals surface area contributed by atoms with Crippen molar-refractivity contribution < 1.29 is 9.47 Å². The summed E-state index contributed by atoms with van der Waals surface area (Å²) in [5.74, 6) is 1.64. The first-order valence-electron chi connectivity index (χ1n) is 11.4. The Labute approximate surface area is 182 Å². The Morgan fingerprint density at radius 1 is 0.967 bits per heavy atom. The number of ether oxygens (including phenoxy) is 2. The quantitative estimate of drug-likeness (QED) is 0.487. The summed E-state index contributed by atoms with van der Waals surface area (Å²) in [6, 6.07) is 13.9. The van der Waals surface area contributed by atoms with Gasteiger partial charge in [-0.1, -0.05) is 51.2 Å². The van der Waals surface area contributed by atoms with Crippen LogP contribution in [0.15, 0.2) is 36.4 Å². The van der Waals surface area contributed by atoms with Crippen LogP contribution in [0.5, 0.6) is 11.5 Å². The Hall–Kier alpha value is -2.20. The highest BCUT2D eigenvalue weighted by atomic mass is 16.5. The van der Waals surface area contributed by atoms with Gasteiger partial charge >= 0.3 is 0 Å². The number of nitrogens with two attached hydrogens (primary N) is 1. The van der Waals surface area contributed by atoms with E-state index in [2.05, 4.69) is 55.1 Å². The normalized spacial score (nSPS) is 18.2. The van der Waals surface area contributed by atoms with E-state index in [1.54, 1.807) is 14.2 Å². The van der Waals surface area contributed by atoms with Crippen molar-refractivity contribution in [1.82, 2.24) is 0 Å². The fourth-order valence-electron chi connectivity index (χ4n) is 4.77. The average molecular weight is 411 g/mol. The number of benzene rings is 2. The minimum absolute atomic E-state index is 0.342. The molecule has 0 saturated heterocycles.